The van der Waals surface area contributed by atoms with Crippen molar-refractivity contribution >= 4 is 5.97 Å². The summed E-state index contributed by atoms with van der Waals surface area (Å²) >= 11 is 0. The number of esters is 1. The molecule has 0 aromatic rings. The molecule has 1 N–H and O–H groups in total. The first-order chi connectivity index (χ1) is 8.22. The number of carbonyl (C=O) groups is 1. The summed E-state index contributed by atoms with van der Waals surface area (Å²) in [4.78, 5) is 11.6. The number of ether oxygens (including phenoxy) is 1. The van der Waals surface area contributed by atoms with E-state index in [1.807, 2.05) is 0 Å². The van der Waals surface area contributed by atoms with Gasteiger partial charge >= 0.3 is 5.97 Å². The number of hydrogen-bond donors (Lipinski definition) is 1. The summed E-state index contributed by atoms with van der Waals surface area (Å²) in [5.41, 5.74) is 0.00350. The molecule has 100 valence electrons. The van der Waals surface area contributed by atoms with Crippen LogP contribution in [0, 0.1) is 0 Å². The molecule has 1 rings (SSSR count). The average molecular weight is 241 g/mol. The van der Waals surface area contributed by atoms with E-state index >= 15 is 0 Å². The van der Waals surface area contributed by atoms with E-state index in [1.54, 1.807) is 0 Å². The number of rotatable bonds is 5. The number of methoxy groups -OCH3 is 1. The van der Waals surface area contributed by atoms with Gasteiger partial charge in [0, 0.05) is 5.54 Å². The molecule has 0 aromatic heterocycles. The van der Waals surface area contributed by atoms with E-state index in [9.17, 15) is 4.79 Å². The quantitative estimate of drug-likeness (QED) is 0.752. The van der Waals surface area contributed by atoms with Crippen molar-refractivity contribution in [1.82, 2.24) is 5.32 Å². The van der Waals surface area contributed by atoms with Crippen LogP contribution >= 0.6 is 0 Å². The lowest BCUT2D eigenvalue weighted by Crippen LogP contribution is -2.47. The van der Waals surface area contributed by atoms with Crippen molar-refractivity contribution in [3.63, 3.8) is 0 Å². The summed E-state index contributed by atoms with van der Waals surface area (Å²) in [7, 11) is 1.48. The molecule has 0 amide bonds. The van der Waals surface area contributed by atoms with Gasteiger partial charge in [0.05, 0.1) is 13.5 Å². The van der Waals surface area contributed by atoms with Crippen LogP contribution in [-0.2, 0) is 9.53 Å². The highest BCUT2D eigenvalue weighted by atomic mass is 16.5. The van der Waals surface area contributed by atoms with Gasteiger partial charge in [0.25, 0.3) is 0 Å². The Labute approximate surface area is 105 Å². The first kappa shape index (κ1) is 14.5. The Bertz CT molecular complexity index is 215. The van der Waals surface area contributed by atoms with Crippen molar-refractivity contribution < 1.29 is 9.53 Å². The normalized spacial score (nSPS) is 20.4. The van der Waals surface area contributed by atoms with Crippen molar-refractivity contribution in [3.8, 4) is 0 Å². The first-order valence-corrected chi connectivity index (χ1v) is 7.04. The van der Waals surface area contributed by atoms with Crippen LogP contribution in [0.15, 0.2) is 0 Å². The molecule has 0 saturated heterocycles. The minimum Gasteiger partial charge on any atom is -0.469 e. The number of hydrogen-bond acceptors (Lipinski definition) is 3. The van der Waals surface area contributed by atoms with Crippen LogP contribution in [-0.4, -0.2) is 25.2 Å². The van der Waals surface area contributed by atoms with Crippen molar-refractivity contribution in [2.45, 2.75) is 70.3 Å². The van der Waals surface area contributed by atoms with Gasteiger partial charge in [0.1, 0.15) is 0 Å². The van der Waals surface area contributed by atoms with E-state index < -0.39 is 0 Å². The smallest absolute Gasteiger partial charge is 0.307 e. The van der Waals surface area contributed by atoms with Gasteiger partial charge in [-0.25, -0.2) is 0 Å². The second-order valence-electron chi connectivity index (χ2n) is 5.23. The minimum atomic E-state index is -0.0748. The Morgan fingerprint density at radius 3 is 2.29 bits per heavy atom. The van der Waals surface area contributed by atoms with Crippen LogP contribution in [0.25, 0.3) is 0 Å². The maximum Gasteiger partial charge on any atom is 0.307 e. The molecule has 0 aromatic carbocycles. The van der Waals surface area contributed by atoms with Crippen molar-refractivity contribution in [2.24, 2.45) is 0 Å². The predicted molar refractivity (Wildman–Crippen MR) is 70.0 cm³/mol. The lowest BCUT2D eigenvalue weighted by molar-refractivity contribution is -0.142. The molecule has 0 aliphatic heterocycles. The fourth-order valence-electron chi connectivity index (χ4n) is 2.74. The number of nitrogens with one attached hydrogen (secondary N) is 1. The summed E-state index contributed by atoms with van der Waals surface area (Å²) in [6, 6.07) is 0. The van der Waals surface area contributed by atoms with E-state index in [0.29, 0.717) is 6.42 Å². The Balaban J connectivity index is 2.62. The molecule has 3 heteroatoms. The largest absolute Gasteiger partial charge is 0.469 e. The van der Waals surface area contributed by atoms with Gasteiger partial charge < -0.3 is 10.1 Å². The summed E-state index contributed by atoms with van der Waals surface area (Å²) in [6.07, 6.45) is 10.3. The van der Waals surface area contributed by atoms with Crippen LogP contribution in [0.1, 0.15) is 64.7 Å². The van der Waals surface area contributed by atoms with E-state index in [0.717, 1.165) is 25.8 Å². The van der Waals surface area contributed by atoms with E-state index in [1.165, 1.54) is 39.2 Å². The van der Waals surface area contributed by atoms with E-state index in [2.05, 4.69) is 12.2 Å². The predicted octanol–water partition coefficient (Wildman–Crippen LogP) is 3.03. The van der Waals surface area contributed by atoms with Gasteiger partial charge in [-0.15, -0.1) is 0 Å². The molecule has 1 aliphatic carbocycles. The maximum absolute atomic E-state index is 11.6. The summed E-state index contributed by atoms with van der Waals surface area (Å²) < 4.78 is 4.85. The van der Waals surface area contributed by atoms with Gasteiger partial charge in [-0.05, 0) is 25.8 Å². The summed E-state index contributed by atoms with van der Waals surface area (Å²) in [5, 5.41) is 3.62. The fourth-order valence-corrected chi connectivity index (χ4v) is 2.74. The molecule has 0 bridgehead atoms. The van der Waals surface area contributed by atoms with Crippen LogP contribution in [0.2, 0.25) is 0 Å². The monoisotopic (exact) mass is 241 g/mol. The highest BCUT2D eigenvalue weighted by Crippen LogP contribution is 2.29. The molecule has 0 spiro atoms. The van der Waals surface area contributed by atoms with Gasteiger partial charge in [-0.1, -0.05) is 39.0 Å². The molecule has 1 aliphatic rings. The fraction of sp³-hybridized carbons (Fsp3) is 0.929. The highest BCUT2D eigenvalue weighted by molar-refractivity contribution is 5.70. The molecule has 0 radical (unpaired) electrons. The van der Waals surface area contributed by atoms with Crippen molar-refractivity contribution in [2.75, 3.05) is 13.7 Å². The Morgan fingerprint density at radius 2 is 1.76 bits per heavy atom. The zero-order valence-electron chi connectivity index (χ0n) is 11.4. The van der Waals surface area contributed by atoms with E-state index in [4.69, 9.17) is 4.74 Å². The van der Waals surface area contributed by atoms with Gasteiger partial charge in [-0.2, -0.15) is 0 Å². The SMILES string of the molecule is CCCNC1(CC(=O)OC)CCCCCCC1. The molecule has 0 atom stereocenters. The standard InChI is InChI=1S/C14H27NO2/c1-3-11-15-14(12-13(16)17-2)9-7-5-4-6-8-10-14/h15H,3-12H2,1-2H3. The second kappa shape index (κ2) is 7.70. The van der Waals surface area contributed by atoms with Crippen LogP contribution in [0.3, 0.4) is 0 Å². The summed E-state index contributed by atoms with van der Waals surface area (Å²) in [6.45, 7) is 3.17. The molecular weight excluding hydrogens is 214 g/mol. The molecule has 0 heterocycles. The zero-order valence-corrected chi connectivity index (χ0v) is 11.4. The van der Waals surface area contributed by atoms with E-state index in [-0.39, 0.29) is 11.5 Å². The topological polar surface area (TPSA) is 38.3 Å². The zero-order chi connectivity index (χ0) is 12.6. The van der Waals surface area contributed by atoms with Crippen LogP contribution in [0.5, 0.6) is 0 Å². The number of carbonyl (C=O) groups excluding carboxylic acids is 1. The van der Waals surface area contributed by atoms with Crippen LogP contribution < -0.4 is 5.32 Å². The Hall–Kier alpha value is -0.570. The Kier molecular flexibility index (Phi) is 6.56. The van der Waals surface area contributed by atoms with Crippen molar-refractivity contribution in [3.05, 3.63) is 0 Å². The molecule has 1 fully saturated rings. The van der Waals surface area contributed by atoms with Crippen LogP contribution in [0.4, 0.5) is 0 Å². The average Bonchev–Trinajstić information content (AvgIpc) is 2.31. The highest BCUT2D eigenvalue weighted by Gasteiger charge is 2.32. The lowest BCUT2D eigenvalue weighted by Gasteiger charge is -2.36. The minimum absolute atomic E-state index is 0.00350. The third-order valence-corrected chi connectivity index (χ3v) is 3.77. The first-order valence-electron chi connectivity index (χ1n) is 7.04. The van der Waals surface area contributed by atoms with Gasteiger partial charge in [0.2, 0.25) is 0 Å². The molecule has 1 saturated carbocycles. The lowest BCUT2D eigenvalue weighted by atomic mass is 9.81. The third kappa shape index (κ3) is 5.07. The molecule has 17 heavy (non-hydrogen) atoms. The second-order valence-corrected chi connectivity index (χ2v) is 5.23. The Morgan fingerprint density at radius 1 is 1.18 bits per heavy atom. The summed E-state index contributed by atoms with van der Waals surface area (Å²) in [5.74, 6) is -0.0748. The molecule has 3 nitrogen and oxygen atoms in total. The third-order valence-electron chi connectivity index (χ3n) is 3.77. The maximum atomic E-state index is 11.6. The van der Waals surface area contributed by atoms with Gasteiger partial charge in [0.15, 0.2) is 0 Å². The molecule has 0 unspecified atom stereocenters. The van der Waals surface area contributed by atoms with Gasteiger partial charge in [-0.3, -0.25) is 4.79 Å². The van der Waals surface area contributed by atoms with Crippen molar-refractivity contribution in [1.29, 1.82) is 0 Å². The molecular formula is C14H27NO2.